The van der Waals surface area contributed by atoms with E-state index >= 15 is 0 Å². The van der Waals surface area contributed by atoms with Gasteiger partial charge in [0.2, 0.25) is 0 Å². The maximum absolute atomic E-state index is 12.4. The van der Waals surface area contributed by atoms with Crippen LogP contribution in [0.1, 0.15) is 15.9 Å². The van der Waals surface area contributed by atoms with Gasteiger partial charge >= 0.3 is 5.97 Å². The molecule has 32 heavy (non-hydrogen) atoms. The Morgan fingerprint density at radius 2 is 1.62 bits per heavy atom. The zero-order valence-corrected chi connectivity index (χ0v) is 19.5. The second-order valence-electron chi connectivity index (χ2n) is 6.23. The lowest BCUT2D eigenvalue weighted by molar-refractivity contribution is 0.0730. The summed E-state index contributed by atoms with van der Waals surface area (Å²) in [5.74, 6) is -0.322. The number of carbonyl (C=O) groups excluding carboxylic acids is 1. The second kappa shape index (κ2) is 10.2. The number of ether oxygens (including phenoxy) is 2. The molecule has 1 N–H and O–H groups in total. The van der Waals surface area contributed by atoms with Gasteiger partial charge in [0.15, 0.2) is 11.5 Å². The van der Waals surface area contributed by atoms with E-state index in [4.69, 9.17) is 44.3 Å². The minimum atomic E-state index is -3.85. The van der Waals surface area contributed by atoms with Gasteiger partial charge in [0.25, 0.3) is 10.0 Å². The predicted octanol–water partition coefficient (Wildman–Crippen LogP) is 5.19. The first-order valence-corrected chi connectivity index (χ1v) is 11.5. The van der Waals surface area contributed by atoms with Gasteiger partial charge in [-0.2, -0.15) is 13.5 Å². The Kier molecular flexibility index (Phi) is 7.63. The molecule has 0 aliphatic carbocycles. The summed E-state index contributed by atoms with van der Waals surface area (Å²) in [5, 5.41) is 4.71. The number of hydrogen-bond acceptors (Lipinski definition) is 6. The van der Waals surface area contributed by atoms with Gasteiger partial charge < -0.3 is 9.47 Å². The highest BCUT2D eigenvalue weighted by Gasteiger charge is 2.16. The quantitative estimate of drug-likeness (QED) is 0.203. The predicted molar refractivity (Wildman–Crippen MR) is 124 cm³/mol. The Balaban J connectivity index is 1.73. The molecule has 166 valence electrons. The van der Waals surface area contributed by atoms with Crippen molar-refractivity contribution in [1.29, 1.82) is 0 Å². The van der Waals surface area contributed by atoms with Crippen LogP contribution in [0.3, 0.4) is 0 Å². The number of methoxy groups -OCH3 is 1. The van der Waals surface area contributed by atoms with E-state index < -0.39 is 16.0 Å². The highest BCUT2D eigenvalue weighted by Crippen LogP contribution is 2.30. The van der Waals surface area contributed by atoms with Crippen molar-refractivity contribution in [1.82, 2.24) is 4.83 Å². The van der Waals surface area contributed by atoms with E-state index in [9.17, 15) is 13.2 Å². The average molecular weight is 514 g/mol. The first kappa shape index (κ1) is 23.9. The number of rotatable bonds is 7. The number of esters is 1. The Morgan fingerprint density at radius 3 is 2.28 bits per heavy atom. The van der Waals surface area contributed by atoms with Crippen LogP contribution in [0.25, 0.3) is 0 Å². The fourth-order valence-corrected chi connectivity index (χ4v) is 3.90. The molecule has 0 bridgehead atoms. The van der Waals surface area contributed by atoms with Crippen molar-refractivity contribution in [2.45, 2.75) is 4.90 Å². The zero-order valence-electron chi connectivity index (χ0n) is 16.4. The lowest BCUT2D eigenvalue weighted by Gasteiger charge is -2.10. The summed E-state index contributed by atoms with van der Waals surface area (Å²) in [7, 11) is -2.46. The van der Waals surface area contributed by atoms with Crippen molar-refractivity contribution in [3.63, 3.8) is 0 Å². The van der Waals surface area contributed by atoms with Gasteiger partial charge in [-0.15, -0.1) is 0 Å². The van der Waals surface area contributed by atoms with E-state index in [2.05, 4.69) is 9.93 Å². The van der Waals surface area contributed by atoms with Crippen molar-refractivity contribution < 1.29 is 22.7 Å². The lowest BCUT2D eigenvalue weighted by atomic mass is 10.2. The number of nitrogens with one attached hydrogen (secondary N) is 1. The van der Waals surface area contributed by atoms with Gasteiger partial charge in [0.05, 0.1) is 28.8 Å². The minimum Gasteiger partial charge on any atom is -0.493 e. The molecule has 0 unspecified atom stereocenters. The minimum absolute atomic E-state index is 0.0137. The number of hydrazone groups is 1. The molecule has 3 rings (SSSR count). The van der Waals surface area contributed by atoms with Crippen LogP contribution in [0.2, 0.25) is 15.1 Å². The standard InChI is InChI=1S/C21H15Cl3N2O5S/c1-30-20-10-13(12-25-26-32(28,29)16-6-3-14(22)4-7-16)2-9-19(20)31-21(27)17-8-5-15(23)11-18(17)24/h2-12,26H,1H3/b25-12-. The topological polar surface area (TPSA) is 94.1 Å². The number of carbonyl (C=O) groups is 1. The van der Waals surface area contributed by atoms with Crippen LogP contribution in [0, 0.1) is 0 Å². The van der Waals surface area contributed by atoms with Gasteiger partial charge in [0, 0.05) is 10.0 Å². The summed E-state index contributed by atoms with van der Waals surface area (Å²) in [6.45, 7) is 0. The number of hydrogen-bond donors (Lipinski definition) is 1. The summed E-state index contributed by atoms with van der Waals surface area (Å²) >= 11 is 17.6. The molecule has 0 aliphatic heterocycles. The van der Waals surface area contributed by atoms with Crippen molar-refractivity contribution >= 4 is 57.0 Å². The smallest absolute Gasteiger partial charge is 0.345 e. The van der Waals surface area contributed by atoms with E-state index in [1.165, 1.54) is 67.9 Å². The Bertz CT molecular complexity index is 1280. The van der Waals surface area contributed by atoms with Crippen molar-refractivity contribution in [3.05, 3.63) is 86.9 Å². The molecule has 11 heteroatoms. The third-order valence-corrected chi connectivity index (χ3v) is 6.09. The van der Waals surface area contributed by atoms with Crippen LogP contribution in [-0.2, 0) is 10.0 Å². The SMILES string of the molecule is COc1cc(/C=N\NS(=O)(=O)c2ccc(Cl)cc2)ccc1OC(=O)c1ccc(Cl)cc1Cl. The van der Waals surface area contributed by atoms with Crippen molar-refractivity contribution in [2.24, 2.45) is 5.10 Å². The first-order valence-electron chi connectivity index (χ1n) is 8.85. The fraction of sp³-hybridized carbons (Fsp3) is 0.0476. The van der Waals surface area contributed by atoms with Gasteiger partial charge in [-0.1, -0.05) is 34.8 Å². The van der Waals surface area contributed by atoms with E-state index in [0.717, 1.165) is 0 Å². The largest absolute Gasteiger partial charge is 0.493 e. The average Bonchev–Trinajstić information content (AvgIpc) is 2.74. The molecule has 7 nitrogen and oxygen atoms in total. The molecule has 0 fully saturated rings. The Morgan fingerprint density at radius 1 is 0.938 bits per heavy atom. The summed E-state index contributed by atoms with van der Waals surface area (Å²) in [6.07, 6.45) is 1.28. The third kappa shape index (κ3) is 5.92. The highest BCUT2D eigenvalue weighted by atomic mass is 35.5. The molecule has 0 aliphatic rings. The molecule has 0 heterocycles. The first-order chi connectivity index (χ1) is 15.2. The van der Waals surface area contributed by atoms with Gasteiger partial charge in [-0.05, 0) is 66.2 Å². The van der Waals surface area contributed by atoms with Crippen LogP contribution in [0.4, 0.5) is 0 Å². The van der Waals surface area contributed by atoms with Crippen LogP contribution >= 0.6 is 34.8 Å². The molecule has 0 radical (unpaired) electrons. The number of benzene rings is 3. The summed E-state index contributed by atoms with van der Waals surface area (Å²) in [5.41, 5.74) is 0.630. The normalized spacial score (nSPS) is 11.4. The maximum Gasteiger partial charge on any atom is 0.345 e. The number of sulfonamides is 1. The van der Waals surface area contributed by atoms with Gasteiger partial charge in [-0.3, -0.25) is 0 Å². The molecule has 0 saturated heterocycles. The monoisotopic (exact) mass is 512 g/mol. The molecule has 0 spiro atoms. The molecule has 0 saturated carbocycles. The summed E-state index contributed by atoms with van der Waals surface area (Å²) in [4.78, 5) is 14.5. The van der Waals surface area contributed by atoms with Crippen LogP contribution in [0.5, 0.6) is 11.5 Å². The maximum atomic E-state index is 12.4. The molecular formula is C21H15Cl3N2O5S. The molecule has 0 amide bonds. The van der Waals surface area contributed by atoms with Crippen molar-refractivity contribution in [2.75, 3.05) is 7.11 Å². The van der Waals surface area contributed by atoms with Gasteiger partial charge in [-0.25, -0.2) is 9.63 Å². The van der Waals surface area contributed by atoms with Crippen molar-refractivity contribution in [3.8, 4) is 11.5 Å². The Hall–Kier alpha value is -2.78. The van der Waals surface area contributed by atoms with Gasteiger partial charge in [0.1, 0.15) is 0 Å². The fourth-order valence-electron chi connectivity index (χ4n) is 2.50. The number of halogens is 3. The highest BCUT2D eigenvalue weighted by molar-refractivity contribution is 7.89. The summed E-state index contributed by atoms with van der Waals surface area (Å²) < 4.78 is 35.1. The van der Waals surface area contributed by atoms with E-state index in [1.807, 2.05) is 0 Å². The molecule has 3 aromatic carbocycles. The molecule has 0 atom stereocenters. The molecular weight excluding hydrogens is 499 g/mol. The zero-order chi connectivity index (χ0) is 23.3. The summed E-state index contributed by atoms with van der Waals surface area (Å²) in [6, 6.07) is 14.6. The molecule has 3 aromatic rings. The van der Waals surface area contributed by atoms with E-state index in [1.54, 1.807) is 6.07 Å². The Labute approximate surface area is 199 Å². The second-order valence-corrected chi connectivity index (χ2v) is 9.17. The van der Waals surface area contributed by atoms with E-state index in [0.29, 0.717) is 15.6 Å². The molecule has 0 aromatic heterocycles. The lowest BCUT2D eigenvalue weighted by Crippen LogP contribution is -2.18. The third-order valence-electron chi connectivity index (χ3n) is 4.05. The van der Waals surface area contributed by atoms with E-state index in [-0.39, 0.29) is 27.0 Å². The van der Waals surface area contributed by atoms with Crippen LogP contribution < -0.4 is 14.3 Å². The van der Waals surface area contributed by atoms with Crippen LogP contribution in [0.15, 0.2) is 70.7 Å². The van der Waals surface area contributed by atoms with Crippen LogP contribution in [-0.4, -0.2) is 27.7 Å². The number of nitrogens with zero attached hydrogens (tertiary/aromatic N) is 1.